The molecule has 0 rings (SSSR count). The first-order chi connectivity index (χ1) is 9.27. The molecule has 2 unspecified atom stereocenters. The molecular weight excluding hydrogens is 294 g/mol. The summed E-state index contributed by atoms with van der Waals surface area (Å²) in [5.41, 5.74) is 0. The number of aliphatic hydroxyl groups is 2. The lowest BCUT2D eigenvalue weighted by molar-refractivity contribution is -0.148. The largest absolute Gasteiger partial charge is 0.480 e. The summed E-state index contributed by atoms with van der Waals surface area (Å²) in [6, 6.07) is -1.31. The highest BCUT2D eigenvalue weighted by molar-refractivity contribution is 7.99. The van der Waals surface area contributed by atoms with Gasteiger partial charge in [0.15, 0.2) is 0 Å². The van der Waals surface area contributed by atoms with E-state index in [1.54, 1.807) is 0 Å². The zero-order chi connectivity index (χ0) is 15.7. The maximum Gasteiger partial charge on any atom is 0.321 e. The van der Waals surface area contributed by atoms with Gasteiger partial charge in [-0.05, 0) is 0 Å². The Morgan fingerprint density at radius 2 is 1.50 bits per heavy atom. The molecule has 0 aromatic rings. The van der Waals surface area contributed by atoms with Gasteiger partial charge in [-0.25, -0.2) is 0 Å². The summed E-state index contributed by atoms with van der Waals surface area (Å²) in [7, 11) is 0. The van der Waals surface area contributed by atoms with Crippen molar-refractivity contribution in [3.8, 4) is 0 Å². The van der Waals surface area contributed by atoms with Crippen molar-refractivity contribution in [3.63, 3.8) is 0 Å². The fourth-order valence-electron chi connectivity index (χ4n) is 1.33. The van der Waals surface area contributed by atoms with Crippen LogP contribution < -0.4 is 0 Å². The fourth-order valence-corrected chi connectivity index (χ4v) is 2.42. The van der Waals surface area contributed by atoms with Gasteiger partial charge in [-0.3, -0.25) is 19.3 Å². The van der Waals surface area contributed by atoms with Crippen molar-refractivity contribution < 1.29 is 39.9 Å². The van der Waals surface area contributed by atoms with Gasteiger partial charge < -0.3 is 25.5 Å². The molecule has 0 aliphatic carbocycles. The third-order valence-corrected chi connectivity index (χ3v) is 3.37. The Bertz CT molecular complexity index is 334. The number of thioether (sulfide) groups is 1. The Labute approximate surface area is 118 Å². The first-order valence-corrected chi connectivity index (χ1v) is 6.70. The van der Waals surface area contributed by atoms with Crippen LogP contribution >= 0.6 is 11.8 Å². The normalized spacial score (nSPS) is 13.9. The van der Waals surface area contributed by atoms with Crippen LogP contribution in [0.25, 0.3) is 0 Å². The molecule has 0 aliphatic heterocycles. The number of carbonyl (C=O) groups is 3. The average molecular weight is 311 g/mol. The fraction of sp³-hybridized carbons (Fsp3) is 0.700. The standard InChI is InChI=1S/C10H17NO8S/c12-3-6(13)4-20-5-7(10(18)19)11(1-8(14)15)2-9(16)17/h6-7,12-13H,1-5H2,(H,14,15)(H,16,17)(H,18,19). The van der Waals surface area contributed by atoms with Crippen LogP contribution in [0.2, 0.25) is 0 Å². The van der Waals surface area contributed by atoms with E-state index in [-0.39, 0.29) is 11.5 Å². The molecule has 116 valence electrons. The van der Waals surface area contributed by atoms with Crippen LogP contribution in [0.1, 0.15) is 0 Å². The van der Waals surface area contributed by atoms with Crippen LogP contribution in [-0.2, 0) is 14.4 Å². The van der Waals surface area contributed by atoms with Gasteiger partial charge in [0.2, 0.25) is 0 Å². The van der Waals surface area contributed by atoms with Gasteiger partial charge in [0.1, 0.15) is 6.04 Å². The molecule has 0 aromatic carbocycles. The van der Waals surface area contributed by atoms with Crippen molar-refractivity contribution in [3.05, 3.63) is 0 Å². The summed E-state index contributed by atoms with van der Waals surface area (Å²) in [5.74, 6) is -4.06. The average Bonchev–Trinajstić information content (AvgIpc) is 2.31. The topological polar surface area (TPSA) is 156 Å². The number of carboxylic acids is 3. The third kappa shape index (κ3) is 7.94. The van der Waals surface area contributed by atoms with Gasteiger partial charge in [-0.1, -0.05) is 0 Å². The number of hydrogen-bond acceptors (Lipinski definition) is 7. The molecule has 0 aromatic heterocycles. The lowest BCUT2D eigenvalue weighted by Crippen LogP contribution is -2.48. The van der Waals surface area contributed by atoms with Crippen molar-refractivity contribution in [2.24, 2.45) is 0 Å². The van der Waals surface area contributed by atoms with E-state index in [0.717, 1.165) is 16.7 Å². The quantitative estimate of drug-likeness (QED) is 0.289. The van der Waals surface area contributed by atoms with Gasteiger partial charge in [-0.2, -0.15) is 11.8 Å². The van der Waals surface area contributed by atoms with E-state index < -0.39 is 49.8 Å². The molecule has 5 N–H and O–H groups in total. The van der Waals surface area contributed by atoms with Gasteiger partial charge in [0.25, 0.3) is 0 Å². The van der Waals surface area contributed by atoms with Gasteiger partial charge in [0.05, 0.1) is 25.8 Å². The van der Waals surface area contributed by atoms with Crippen molar-refractivity contribution in [2.45, 2.75) is 12.1 Å². The first-order valence-electron chi connectivity index (χ1n) is 5.55. The van der Waals surface area contributed by atoms with E-state index in [4.69, 9.17) is 25.5 Å². The molecule has 0 saturated heterocycles. The van der Waals surface area contributed by atoms with Crippen molar-refractivity contribution in [2.75, 3.05) is 31.2 Å². The lowest BCUT2D eigenvalue weighted by atomic mass is 10.2. The summed E-state index contributed by atoms with van der Waals surface area (Å²) >= 11 is 0.987. The highest BCUT2D eigenvalue weighted by atomic mass is 32.2. The monoisotopic (exact) mass is 311 g/mol. The summed E-state index contributed by atoms with van der Waals surface area (Å²) in [4.78, 5) is 33.2. The molecule has 0 heterocycles. The Morgan fingerprint density at radius 3 is 1.85 bits per heavy atom. The van der Waals surface area contributed by atoms with Crippen LogP contribution in [-0.4, -0.2) is 91.7 Å². The van der Waals surface area contributed by atoms with Crippen LogP contribution in [0.15, 0.2) is 0 Å². The molecule has 10 heteroatoms. The summed E-state index contributed by atoms with van der Waals surface area (Å²) in [6.07, 6.45) is -1.01. The minimum Gasteiger partial charge on any atom is -0.480 e. The van der Waals surface area contributed by atoms with Crippen LogP contribution in [0.3, 0.4) is 0 Å². The molecule has 0 saturated carbocycles. The van der Waals surface area contributed by atoms with E-state index in [2.05, 4.69) is 0 Å². The van der Waals surface area contributed by atoms with Crippen LogP contribution in [0.5, 0.6) is 0 Å². The minimum absolute atomic E-state index is 0.0638. The highest BCUT2D eigenvalue weighted by Gasteiger charge is 2.29. The van der Waals surface area contributed by atoms with E-state index >= 15 is 0 Å². The second kappa shape index (κ2) is 9.53. The van der Waals surface area contributed by atoms with Gasteiger partial charge in [-0.15, -0.1) is 0 Å². The summed E-state index contributed by atoms with van der Waals surface area (Å²) < 4.78 is 0. The number of nitrogens with zero attached hydrogens (tertiary/aromatic N) is 1. The number of aliphatic carboxylic acids is 3. The van der Waals surface area contributed by atoms with E-state index in [0.29, 0.717) is 0 Å². The van der Waals surface area contributed by atoms with Crippen molar-refractivity contribution in [1.82, 2.24) is 4.90 Å². The van der Waals surface area contributed by atoms with Crippen LogP contribution in [0.4, 0.5) is 0 Å². The zero-order valence-electron chi connectivity index (χ0n) is 10.5. The Balaban J connectivity index is 4.66. The molecule has 0 amide bonds. The predicted molar refractivity (Wildman–Crippen MR) is 68.7 cm³/mol. The Hall–Kier alpha value is -1.36. The molecule has 0 fully saturated rings. The zero-order valence-corrected chi connectivity index (χ0v) is 11.3. The molecule has 0 radical (unpaired) electrons. The summed E-state index contributed by atoms with van der Waals surface area (Å²) in [6.45, 7) is -1.91. The number of carboxylic acid groups (broad SMARTS) is 3. The predicted octanol–water partition coefficient (Wildman–Crippen LogP) is -2.00. The van der Waals surface area contributed by atoms with Crippen LogP contribution in [0, 0.1) is 0 Å². The number of rotatable bonds is 11. The first kappa shape index (κ1) is 18.6. The highest BCUT2D eigenvalue weighted by Crippen LogP contribution is 2.11. The van der Waals surface area contributed by atoms with E-state index in [1.165, 1.54) is 0 Å². The maximum absolute atomic E-state index is 11.1. The number of hydrogen-bond donors (Lipinski definition) is 5. The molecule has 9 nitrogen and oxygen atoms in total. The molecule has 2 atom stereocenters. The summed E-state index contributed by atoms with van der Waals surface area (Å²) in [5, 5.41) is 44.1. The number of aliphatic hydroxyl groups excluding tert-OH is 2. The minimum atomic E-state index is -1.35. The van der Waals surface area contributed by atoms with E-state index in [1.807, 2.05) is 0 Å². The lowest BCUT2D eigenvalue weighted by Gasteiger charge is -2.25. The second-order valence-electron chi connectivity index (χ2n) is 3.92. The van der Waals surface area contributed by atoms with Gasteiger partial charge in [0, 0.05) is 11.5 Å². The molecule has 0 aliphatic rings. The molecule has 0 bridgehead atoms. The molecule has 0 spiro atoms. The van der Waals surface area contributed by atoms with Crippen molar-refractivity contribution in [1.29, 1.82) is 0 Å². The molecular formula is C10H17NO8S. The third-order valence-electron chi connectivity index (χ3n) is 2.20. The Kier molecular flexibility index (Phi) is 8.88. The molecule has 20 heavy (non-hydrogen) atoms. The second-order valence-corrected chi connectivity index (χ2v) is 5.00. The Morgan fingerprint density at radius 1 is 1.00 bits per heavy atom. The smallest absolute Gasteiger partial charge is 0.321 e. The van der Waals surface area contributed by atoms with E-state index in [9.17, 15) is 14.4 Å². The SMILES string of the molecule is O=C(O)CN(CC(=O)O)C(CSCC(O)CO)C(=O)O. The maximum atomic E-state index is 11.1. The van der Waals surface area contributed by atoms with Gasteiger partial charge >= 0.3 is 17.9 Å². The van der Waals surface area contributed by atoms with Crippen molar-refractivity contribution >= 4 is 29.7 Å².